The van der Waals surface area contributed by atoms with Gasteiger partial charge in [-0.15, -0.1) is 0 Å². The molecule has 1 saturated heterocycles. The van der Waals surface area contributed by atoms with E-state index in [2.05, 4.69) is 36.6 Å². The maximum absolute atomic E-state index is 13.8. The first-order valence-corrected chi connectivity index (χ1v) is 27.8. The van der Waals surface area contributed by atoms with Crippen LogP contribution in [0.15, 0.2) is 64.1 Å². The number of unbranched alkanes of at least 4 members (excludes halogenated alkanes) is 2. The summed E-state index contributed by atoms with van der Waals surface area (Å²) in [6.07, 6.45) is 3.85. The number of anilines is 1. The molecule has 0 bridgehead atoms. The zero-order valence-corrected chi connectivity index (χ0v) is 47.9. The fourth-order valence-corrected chi connectivity index (χ4v) is 8.83. The van der Waals surface area contributed by atoms with Crippen molar-refractivity contribution in [2.75, 3.05) is 152 Å². The van der Waals surface area contributed by atoms with Crippen molar-refractivity contribution in [1.82, 2.24) is 36.1 Å². The van der Waals surface area contributed by atoms with Crippen molar-refractivity contribution in [3.05, 3.63) is 81.5 Å². The third kappa shape index (κ3) is 22.5. The summed E-state index contributed by atoms with van der Waals surface area (Å²) >= 11 is 0. The van der Waals surface area contributed by atoms with Crippen LogP contribution in [0.1, 0.15) is 72.6 Å². The number of benzene rings is 3. The molecule has 2 heterocycles. The zero-order valence-electron chi connectivity index (χ0n) is 47.9. The first-order chi connectivity index (χ1) is 39.7. The average molecular weight is 1140 g/mol. The van der Waals surface area contributed by atoms with Crippen LogP contribution >= 0.6 is 0 Å². The van der Waals surface area contributed by atoms with Crippen LogP contribution in [0, 0.1) is 0 Å². The third-order valence-corrected chi connectivity index (χ3v) is 13.3. The Morgan fingerprint density at radius 1 is 0.707 bits per heavy atom. The lowest BCUT2D eigenvalue weighted by atomic mass is 9.89. The maximum atomic E-state index is 13.8. The highest BCUT2D eigenvalue weighted by molar-refractivity contribution is 6.09. The van der Waals surface area contributed by atoms with Crippen LogP contribution in [0.5, 0.6) is 0 Å². The summed E-state index contributed by atoms with van der Waals surface area (Å²) in [4.78, 5) is 82.7. The molecule has 0 saturated carbocycles. The fourth-order valence-electron chi connectivity index (χ4n) is 8.83. The molecule has 0 aromatic heterocycles. The van der Waals surface area contributed by atoms with Crippen molar-refractivity contribution in [3.63, 3.8) is 0 Å². The number of carboxylic acids is 1. The molecule has 3 aliphatic rings. The summed E-state index contributed by atoms with van der Waals surface area (Å²) in [5.74, 6) is -2.10. The van der Waals surface area contributed by atoms with Gasteiger partial charge in [0.2, 0.25) is 23.1 Å². The molecule has 2 atom stereocenters. The van der Waals surface area contributed by atoms with Gasteiger partial charge >= 0.3 is 6.03 Å². The van der Waals surface area contributed by atoms with Crippen LogP contribution in [0.4, 0.5) is 10.5 Å². The van der Waals surface area contributed by atoms with E-state index in [9.17, 15) is 33.9 Å². The number of aromatic carboxylic acids is 1. The first kappa shape index (κ1) is 65.4. The van der Waals surface area contributed by atoms with E-state index in [-0.39, 0.29) is 131 Å². The number of fused-ring (bicyclic) bond motifs is 2. The summed E-state index contributed by atoms with van der Waals surface area (Å²) in [5.41, 5.74) is 11.2. The molecule has 1 fully saturated rings. The molecular formula is C57H81N11O14. The number of nitrogens with one attached hydrogen (secondary N) is 5. The molecular weight excluding hydrogens is 1060 g/mol. The number of ether oxygens (including phenoxy) is 6. The number of amides is 6. The van der Waals surface area contributed by atoms with E-state index in [0.29, 0.717) is 87.1 Å². The molecule has 0 spiro atoms. The number of carbonyl (C=O) groups is 6. The average Bonchev–Trinajstić information content (AvgIpc) is 3.94. The van der Waals surface area contributed by atoms with E-state index < -0.39 is 11.9 Å². The van der Waals surface area contributed by atoms with E-state index in [1.54, 1.807) is 0 Å². The second-order valence-corrected chi connectivity index (χ2v) is 19.8. The zero-order chi connectivity index (χ0) is 59.1. The van der Waals surface area contributed by atoms with E-state index in [4.69, 9.17) is 38.4 Å². The summed E-state index contributed by atoms with van der Waals surface area (Å²) in [7, 11) is 7.61. The van der Waals surface area contributed by atoms with Gasteiger partial charge in [-0.05, 0) is 61.2 Å². The van der Waals surface area contributed by atoms with Crippen LogP contribution < -0.4 is 46.5 Å². The molecule has 2 aliphatic heterocycles. The lowest BCUT2D eigenvalue weighted by Crippen LogP contribution is -2.39. The van der Waals surface area contributed by atoms with Gasteiger partial charge < -0.3 is 79.1 Å². The number of carboxylic acid groups (broad SMARTS) is 1. The van der Waals surface area contributed by atoms with Gasteiger partial charge in [0.1, 0.15) is 25.4 Å². The maximum Gasteiger partial charge on any atom is 0.315 e. The van der Waals surface area contributed by atoms with Crippen molar-refractivity contribution in [3.8, 4) is 22.5 Å². The van der Waals surface area contributed by atoms with Crippen molar-refractivity contribution in [2.24, 2.45) is 5.11 Å². The van der Waals surface area contributed by atoms with Gasteiger partial charge in [-0.2, -0.15) is 0 Å². The third-order valence-electron chi connectivity index (χ3n) is 13.3. The molecule has 25 nitrogen and oxygen atoms in total. The van der Waals surface area contributed by atoms with Gasteiger partial charge in [0, 0.05) is 129 Å². The lowest BCUT2D eigenvalue weighted by Gasteiger charge is -2.23. The van der Waals surface area contributed by atoms with Gasteiger partial charge in [0.05, 0.1) is 97.4 Å². The standard InChI is InChI=1S/C57H81N11O14/c1-40-48(64-57(75)63-40)9-7-6-8-10-51(69)59-20-25-76-29-33-80-34-30-77-26-21-60-52(70)18-23-68(24-28-79-32-36-81-35-31-78-27-22-62-65-58)53(71)17-19-61-55(72)41-11-14-44(56(73)74)47(37-41)54-45-15-12-42(66(2)3)38-49(45)82-50-39-43(67(4)5)13-16-46(50)54/h11-16,37-40,48H,6-10,17-36H2,1-5H3,(H5-,59,60,61,63,64,69,70,72,73,74,75)/t40-,48-/m0/s1. The minimum atomic E-state index is -1.42. The van der Waals surface area contributed by atoms with Crippen LogP contribution in [0.3, 0.4) is 0 Å². The largest absolute Gasteiger partial charge is 0.545 e. The Morgan fingerprint density at radius 2 is 1.35 bits per heavy atom. The predicted octanol–water partition coefficient (Wildman–Crippen LogP) is 2.67. The molecule has 5 rings (SSSR count). The minimum Gasteiger partial charge on any atom is -0.545 e. The highest BCUT2D eigenvalue weighted by Crippen LogP contribution is 2.42. The van der Waals surface area contributed by atoms with Crippen LogP contribution in [0.25, 0.3) is 43.9 Å². The summed E-state index contributed by atoms with van der Waals surface area (Å²) in [5, 5.41) is 31.8. The number of urea groups is 1. The molecule has 1 aliphatic carbocycles. The molecule has 25 heteroatoms. The first-order valence-electron chi connectivity index (χ1n) is 27.8. The monoisotopic (exact) mass is 1140 g/mol. The highest BCUT2D eigenvalue weighted by Gasteiger charge is 2.27. The molecule has 448 valence electrons. The molecule has 6 amide bonds. The van der Waals surface area contributed by atoms with Crippen LogP contribution in [0.2, 0.25) is 0 Å². The summed E-state index contributed by atoms with van der Waals surface area (Å²) in [6, 6.07) is 15.6. The normalized spacial score (nSPS) is 13.7. The Hall–Kier alpha value is -7.38. The van der Waals surface area contributed by atoms with E-state index in [0.717, 1.165) is 36.7 Å². The predicted molar refractivity (Wildman–Crippen MR) is 305 cm³/mol. The second kappa shape index (κ2) is 36.2. The van der Waals surface area contributed by atoms with Crippen LogP contribution in [-0.4, -0.2) is 199 Å². The fraction of sp³-hybridized carbons (Fsp3) is 0.561. The van der Waals surface area contributed by atoms with E-state index in [1.807, 2.05) is 81.0 Å². The number of azide groups is 1. The Kier molecular flexibility index (Phi) is 28.9. The van der Waals surface area contributed by atoms with E-state index >= 15 is 0 Å². The second-order valence-electron chi connectivity index (χ2n) is 19.8. The lowest BCUT2D eigenvalue weighted by molar-refractivity contribution is -0.255. The van der Waals surface area contributed by atoms with Gasteiger partial charge in [-0.3, -0.25) is 19.2 Å². The van der Waals surface area contributed by atoms with Gasteiger partial charge in [0.25, 0.3) is 5.91 Å². The molecule has 82 heavy (non-hydrogen) atoms. The SMILES string of the molecule is C[C@@H]1NC(=O)N[C@H]1CCCCCC(=O)NCCOCCOCCOCCNC(=O)CCN(CCOCCOCCOCCN=[N+]=[N-])C(=O)CCNC(=O)c1ccc(C(=O)[O-])c(-c2c3ccc(=[N+](C)C)cc-3oc3cc(N(C)C)ccc23)c1. The quantitative estimate of drug-likeness (QED) is 0.0107. The number of carbonyl (C=O) groups excluding carboxylic acids is 6. The van der Waals surface area contributed by atoms with Gasteiger partial charge in [-0.25, -0.2) is 9.37 Å². The van der Waals surface area contributed by atoms with Crippen molar-refractivity contribution < 1.29 is 66.7 Å². The van der Waals surface area contributed by atoms with Crippen molar-refractivity contribution in [1.29, 1.82) is 0 Å². The Balaban J connectivity index is 1.05. The number of hydrogen-bond acceptors (Lipinski definition) is 16. The number of rotatable bonds is 40. The Morgan fingerprint density at radius 3 is 1.98 bits per heavy atom. The number of nitrogens with zero attached hydrogens (tertiary/aromatic N) is 6. The van der Waals surface area contributed by atoms with Crippen molar-refractivity contribution >= 4 is 52.3 Å². The number of hydrogen-bond donors (Lipinski definition) is 5. The highest BCUT2D eigenvalue weighted by atomic mass is 16.5. The Labute approximate surface area is 478 Å². The van der Waals surface area contributed by atoms with Gasteiger partial charge in [0.15, 0.2) is 0 Å². The molecule has 0 radical (unpaired) electrons. The van der Waals surface area contributed by atoms with Gasteiger partial charge in [-0.1, -0.05) is 24.0 Å². The topological polar surface area (TPSA) is 312 Å². The molecule has 0 unspecified atom stereocenters. The molecule has 5 N–H and O–H groups in total. The Bertz CT molecular complexity index is 2800. The van der Waals surface area contributed by atoms with Crippen LogP contribution in [-0.2, 0) is 42.8 Å². The molecule has 2 aromatic rings. The smallest absolute Gasteiger partial charge is 0.315 e. The van der Waals surface area contributed by atoms with E-state index in [1.165, 1.54) is 23.1 Å². The summed E-state index contributed by atoms with van der Waals surface area (Å²) < 4.78 is 41.6. The molecule has 2 aromatic carbocycles. The van der Waals surface area contributed by atoms with Crippen molar-refractivity contribution in [2.45, 2.75) is 64.0 Å². The minimum absolute atomic E-state index is 0.00867. The summed E-state index contributed by atoms with van der Waals surface area (Å²) in [6.45, 7) is 6.49.